The van der Waals surface area contributed by atoms with Crippen molar-refractivity contribution >= 4 is 33.5 Å². The topological polar surface area (TPSA) is 66.4 Å². The van der Waals surface area contributed by atoms with Crippen molar-refractivity contribution in [1.82, 2.24) is 19.8 Å². The summed E-state index contributed by atoms with van der Waals surface area (Å²) in [5.74, 6) is 0.197. The Bertz CT molecular complexity index is 740. The minimum Gasteiger partial charge on any atom is -0.344 e. The van der Waals surface area contributed by atoms with Gasteiger partial charge in [-0.3, -0.25) is 14.6 Å². The molecule has 1 atom stereocenters. The van der Waals surface area contributed by atoms with Crippen LogP contribution in [0, 0.1) is 0 Å². The number of carbonyl (C=O) groups is 2. The summed E-state index contributed by atoms with van der Waals surface area (Å²) in [6.45, 7) is 2.96. The third kappa shape index (κ3) is 2.45. The molecule has 0 aliphatic carbocycles. The molecule has 1 saturated heterocycles. The van der Waals surface area contributed by atoms with E-state index in [0.29, 0.717) is 11.4 Å². The van der Waals surface area contributed by atoms with Gasteiger partial charge in [0.25, 0.3) is 5.91 Å². The maximum atomic E-state index is 12.5. The second-order valence-corrected chi connectivity index (χ2v) is 6.70. The largest absolute Gasteiger partial charge is 0.344 e. The molecule has 1 fully saturated rings. The fourth-order valence-corrected chi connectivity index (χ4v) is 4.08. The van der Waals surface area contributed by atoms with Crippen LogP contribution < -0.4 is 0 Å². The molecular formula is C15H18N4O2S. The van der Waals surface area contributed by atoms with E-state index in [9.17, 15) is 9.59 Å². The normalized spacial score (nSPS) is 18.0. The Balaban J connectivity index is 2.09. The zero-order valence-electron chi connectivity index (χ0n) is 12.9. The number of aromatic nitrogens is 2. The van der Waals surface area contributed by atoms with Gasteiger partial charge in [-0.15, -0.1) is 11.3 Å². The molecule has 116 valence electrons. The summed E-state index contributed by atoms with van der Waals surface area (Å²) in [6.07, 6.45) is 4.15. The summed E-state index contributed by atoms with van der Waals surface area (Å²) in [7, 11) is 3.49. The number of hydrogen-bond donors (Lipinski definition) is 0. The highest BCUT2D eigenvalue weighted by atomic mass is 32.1. The first-order valence-corrected chi connectivity index (χ1v) is 8.01. The van der Waals surface area contributed by atoms with Crippen LogP contribution >= 0.6 is 11.3 Å². The second-order valence-electron chi connectivity index (χ2n) is 5.71. The molecule has 22 heavy (non-hydrogen) atoms. The standard InChI is InChI=1S/C15H18N4O2S/c1-9(20)19-7-4-10(8-19)11-12-14(17-6-5-16-12)22-13(11)15(21)18(2)3/h5-6,10H,4,7-8H2,1-3H3/t10-/m0/s1. The summed E-state index contributed by atoms with van der Waals surface area (Å²) < 4.78 is 0. The van der Waals surface area contributed by atoms with Crippen LogP contribution in [-0.4, -0.2) is 58.8 Å². The lowest BCUT2D eigenvalue weighted by atomic mass is 9.97. The van der Waals surface area contributed by atoms with E-state index in [1.165, 1.54) is 11.3 Å². The summed E-state index contributed by atoms with van der Waals surface area (Å²) in [6, 6.07) is 0. The molecule has 2 amide bonds. The Morgan fingerprint density at radius 3 is 2.68 bits per heavy atom. The lowest BCUT2D eigenvalue weighted by Gasteiger charge is -2.16. The van der Waals surface area contributed by atoms with Gasteiger partial charge in [-0.25, -0.2) is 4.98 Å². The van der Waals surface area contributed by atoms with E-state index >= 15 is 0 Å². The second kappa shape index (κ2) is 5.64. The van der Waals surface area contributed by atoms with Gasteiger partial charge in [0.1, 0.15) is 10.3 Å². The number of thiophene rings is 1. The van der Waals surface area contributed by atoms with E-state index in [-0.39, 0.29) is 17.7 Å². The average Bonchev–Trinajstić information content (AvgIpc) is 3.10. The van der Waals surface area contributed by atoms with Crippen molar-refractivity contribution in [2.75, 3.05) is 27.2 Å². The van der Waals surface area contributed by atoms with Crippen LogP contribution in [-0.2, 0) is 4.79 Å². The zero-order chi connectivity index (χ0) is 15.9. The van der Waals surface area contributed by atoms with Gasteiger partial charge in [0, 0.05) is 58.0 Å². The quantitative estimate of drug-likeness (QED) is 0.846. The molecule has 1 aliphatic heterocycles. The maximum Gasteiger partial charge on any atom is 0.263 e. The molecule has 0 unspecified atom stereocenters. The minimum atomic E-state index is -0.0268. The molecule has 6 nitrogen and oxygen atoms in total. The molecule has 3 rings (SSSR count). The summed E-state index contributed by atoms with van der Waals surface area (Å²) in [4.78, 5) is 37.7. The van der Waals surface area contributed by atoms with Crippen LogP contribution in [0.5, 0.6) is 0 Å². The van der Waals surface area contributed by atoms with Crippen molar-refractivity contribution in [3.63, 3.8) is 0 Å². The van der Waals surface area contributed by atoms with Crippen molar-refractivity contribution in [2.24, 2.45) is 0 Å². The molecular weight excluding hydrogens is 300 g/mol. The number of carbonyl (C=O) groups excluding carboxylic acids is 2. The first-order chi connectivity index (χ1) is 10.5. The highest BCUT2D eigenvalue weighted by molar-refractivity contribution is 7.20. The van der Waals surface area contributed by atoms with Gasteiger partial charge in [-0.05, 0) is 6.42 Å². The third-order valence-corrected chi connectivity index (χ3v) is 5.10. The van der Waals surface area contributed by atoms with Crippen LogP contribution in [0.2, 0.25) is 0 Å². The third-order valence-electron chi connectivity index (χ3n) is 4.01. The van der Waals surface area contributed by atoms with Gasteiger partial charge in [-0.2, -0.15) is 0 Å². The van der Waals surface area contributed by atoms with Crippen LogP contribution in [0.25, 0.3) is 10.3 Å². The number of amides is 2. The molecule has 2 aromatic rings. The van der Waals surface area contributed by atoms with Crippen molar-refractivity contribution in [3.8, 4) is 0 Å². The molecule has 3 heterocycles. The molecule has 0 saturated carbocycles. The SMILES string of the molecule is CC(=O)N1CC[C@H](c2c(C(=O)N(C)C)sc3nccnc23)C1. The van der Waals surface area contributed by atoms with E-state index in [1.807, 2.05) is 4.90 Å². The molecule has 0 aromatic carbocycles. The Hall–Kier alpha value is -2.02. The van der Waals surface area contributed by atoms with Gasteiger partial charge in [0.15, 0.2) is 0 Å². The van der Waals surface area contributed by atoms with E-state index < -0.39 is 0 Å². The summed E-state index contributed by atoms with van der Waals surface area (Å²) in [5, 5.41) is 0. The fraction of sp³-hybridized carbons (Fsp3) is 0.467. The van der Waals surface area contributed by atoms with Crippen molar-refractivity contribution in [1.29, 1.82) is 0 Å². The fourth-order valence-electron chi connectivity index (χ4n) is 2.87. The first-order valence-electron chi connectivity index (χ1n) is 7.19. The number of hydrogen-bond acceptors (Lipinski definition) is 5. The van der Waals surface area contributed by atoms with Crippen molar-refractivity contribution in [2.45, 2.75) is 19.3 Å². The first kappa shape index (κ1) is 14.9. The van der Waals surface area contributed by atoms with Crippen LogP contribution in [0.4, 0.5) is 0 Å². The maximum absolute atomic E-state index is 12.5. The number of nitrogens with zero attached hydrogens (tertiary/aromatic N) is 4. The molecule has 2 aromatic heterocycles. The average molecular weight is 318 g/mol. The lowest BCUT2D eigenvalue weighted by Crippen LogP contribution is -2.26. The van der Waals surface area contributed by atoms with Crippen molar-refractivity contribution in [3.05, 3.63) is 22.8 Å². The molecule has 0 radical (unpaired) electrons. The van der Waals surface area contributed by atoms with E-state index in [0.717, 1.165) is 28.9 Å². The van der Waals surface area contributed by atoms with E-state index in [2.05, 4.69) is 9.97 Å². The molecule has 0 bridgehead atoms. The molecule has 7 heteroatoms. The van der Waals surface area contributed by atoms with E-state index in [1.54, 1.807) is 38.3 Å². The molecule has 0 spiro atoms. The van der Waals surface area contributed by atoms with Gasteiger partial charge in [0.05, 0.1) is 4.88 Å². The highest BCUT2D eigenvalue weighted by Crippen LogP contribution is 2.38. The van der Waals surface area contributed by atoms with Gasteiger partial charge in [-0.1, -0.05) is 0 Å². The van der Waals surface area contributed by atoms with Gasteiger partial charge in [0.2, 0.25) is 5.91 Å². The van der Waals surface area contributed by atoms with E-state index in [4.69, 9.17) is 0 Å². The molecule has 1 aliphatic rings. The number of likely N-dealkylation sites (tertiary alicyclic amines) is 1. The van der Waals surface area contributed by atoms with Crippen LogP contribution in [0.15, 0.2) is 12.4 Å². The Morgan fingerprint density at radius 2 is 2.05 bits per heavy atom. The van der Waals surface area contributed by atoms with Gasteiger partial charge >= 0.3 is 0 Å². The van der Waals surface area contributed by atoms with Crippen LogP contribution in [0.1, 0.15) is 34.5 Å². The monoisotopic (exact) mass is 318 g/mol. The van der Waals surface area contributed by atoms with Gasteiger partial charge < -0.3 is 9.80 Å². The highest BCUT2D eigenvalue weighted by Gasteiger charge is 2.32. The predicted octanol–water partition coefficient (Wildman–Crippen LogP) is 1.73. The summed E-state index contributed by atoms with van der Waals surface area (Å²) in [5.41, 5.74) is 1.75. The smallest absolute Gasteiger partial charge is 0.263 e. The minimum absolute atomic E-state index is 0.0268. The number of fused-ring (bicyclic) bond motifs is 1. The Morgan fingerprint density at radius 1 is 1.32 bits per heavy atom. The van der Waals surface area contributed by atoms with Crippen LogP contribution in [0.3, 0.4) is 0 Å². The summed E-state index contributed by atoms with van der Waals surface area (Å²) >= 11 is 1.39. The zero-order valence-corrected chi connectivity index (χ0v) is 13.7. The Labute approximate surface area is 132 Å². The number of rotatable bonds is 2. The molecule has 0 N–H and O–H groups in total. The predicted molar refractivity (Wildman–Crippen MR) is 85.0 cm³/mol. The Kier molecular flexibility index (Phi) is 3.82. The lowest BCUT2D eigenvalue weighted by molar-refractivity contribution is -0.127. The van der Waals surface area contributed by atoms with Crippen molar-refractivity contribution < 1.29 is 9.59 Å².